The number of carboxylic acids is 1. The van der Waals surface area contributed by atoms with Crippen molar-refractivity contribution in [3.05, 3.63) is 60.8 Å². The summed E-state index contributed by atoms with van der Waals surface area (Å²) in [6.07, 6.45) is 62.9. The molecule has 1 N–H and O–H groups in total. The number of allylic oxidation sites excluding steroid dienone is 10. The molecule has 0 aliphatic heterocycles. The van der Waals surface area contributed by atoms with Gasteiger partial charge >= 0.3 is 17.9 Å². The molecule has 0 saturated carbocycles. The second-order valence-electron chi connectivity index (χ2n) is 20.6. The highest BCUT2D eigenvalue weighted by atomic mass is 16.7. The van der Waals surface area contributed by atoms with Crippen LogP contribution in [0.1, 0.15) is 251 Å². The zero-order valence-electron chi connectivity index (χ0n) is 46.2. The van der Waals surface area contributed by atoms with E-state index in [1.165, 1.54) is 154 Å². The van der Waals surface area contributed by atoms with Gasteiger partial charge in [-0.2, -0.15) is 0 Å². The van der Waals surface area contributed by atoms with Crippen molar-refractivity contribution in [2.45, 2.75) is 264 Å². The molecule has 9 heteroatoms. The van der Waals surface area contributed by atoms with Gasteiger partial charge in [-0.1, -0.05) is 216 Å². The molecule has 2 atom stereocenters. The molecule has 0 saturated heterocycles. The predicted molar refractivity (Wildman–Crippen MR) is 295 cm³/mol. The van der Waals surface area contributed by atoms with E-state index in [1.807, 2.05) is 21.1 Å². The van der Waals surface area contributed by atoms with Crippen LogP contribution in [0.5, 0.6) is 0 Å². The van der Waals surface area contributed by atoms with Crippen LogP contribution in [-0.2, 0) is 33.3 Å². The summed E-state index contributed by atoms with van der Waals surface area (Å²) in [5, 5.41) is 9.70. The van der Waals surface area contributed by atoms with E-state index >= 15 is 0 Å². The Morgan fingerprint density at radius 2 is 0.771 bits per heavy atom. The fourth-order valence-corrected chi connectivity index (χ4v) is 7.99. The highest BCUT2D eigenvalue weighted by molar-refractivity contribution is 5.71. The Morgan fingerprint density at radius 3 is 1.16 bits per heavy atom. The second kappa shape index (κ2) is 52.3. The van der Waals surface area contributed by atoms with Gasteiger partial charge in [0.05, 0.1) is 34.4 Å². The fraction of sp³-hybridized carbons (Fsp3) is 0.787. The first kappa shape index (κ1) is 67.0. The van der Waals surface area contributed by atoms with Gasteiger partial charge in [0.25, 0.3) is 6.29 Å². The lowest BCUT2D eigenvalue weighted by Gasteiger charge is -2.25. The number of esters is 2. The lowest BCUT2D eigenvalue weighted by molar-refractivity contribution is -0.870. The molecule has 0 aliphatic rings. The third kappa shape index (κ3) is 52.8. The highest BCUT2D eigenvalue weighted by Crippen LogP contribution is 2.16. The van der Waals surface area contributed by atoms with E-state index in [9.17, 15) is 19.5 Å². The minimum Gasteiger partial charge on any atom is -0.477 e. The molecule has 406 valence electrons. The maximum absolute atomic E-state index is 12.9. The molecule has 70 heavy (non-hydrogen) atoms. The maximum atomic E-state index is 12.9. The zero-order valence-corrected chi connectivity index (χ0v) is 46.2. The third-order valence-electron chi connectivity index (χ3n) is 12.5. The van der Waals surface area contributed by atoms with Gasteiger partial charge in [-0.05, 0) is 83.5 Å². The van der Waals surface area contributed by atoms with Gasteiger partial charge in [-0.15, -0.1) is 0 Å². The molecule has 0 heterocycles. The monoisotopic (exact) mass is 985 g/mol. The molecule has 0 bridgehead atoms. The molecule has 0 aromatic heterocycles. The van der Waals surface area contributed by atoms with E-state index in [1.54, 1.807) is 0 Å². The molecule has 0 aromatic carbocycles. The molecule has 0 spiro atoms. The summed E-state index contributed by atoms with van der Waals surface area (Å²) in [6.45, 7) is 4.85. The van der Waals surface area contributed by atoms with Crippen molar-refractivity contribution in [2.24, 2.45) is 0 Å². The van der Waals surface area contributed by atoms with E-state index in [0.29, 0.717) is 17.4 Å². The number of rotatable bonds is 53. The number of unbranched alkanes of at least 4 members (excludes halogenated alkanes) is 28. The molecular weight excluding hydrogens is 875 g/mol. The molecular formula is C61H110NO8+. The maximum Gasteiger partial charge on any atom is 0.361 e. The normalized spacial score (nSPS) is 13.2. The summed E-state index contributed by atoms with van der Waals surface area (Å²) >= 11 is 0. The third-order valence-corrected chi connectivity index (χ3v) is 12.5. The van der Waals surface area contributed by atoms with Crippen molar-refractivity contribution in [1.82, 2.24) is 0 Å². The number of hydrogen-bond acceptors (Lipinski definition) is 7. The average molecular weight is 986 g/mol. The Labute approximate surface area is 431 Å². The van der Waals surface area contributed by atoms with Crippen LogP contribution in [0.15, 0.2) is 60.8 Å². The Bertz CT molecular complexity index is 1330. The Balaban J connectivity index is 4.25. The second-order valence-corrected chi connectivity index (χ2v) is 20.6. The quantitative estimate of drug-likeness (QED) is 0.0211. The van der Waals surface area contributed by atoms with Gasteiger partial charge in [0.2, 0.25) is 0 Å². The molecule has 9 nitrogen and oxygen atoms in total. The first-order valence-corrected chi connectivity index (χ1v) is 29.0. The van der Waals surface area contributed by atoms with Crippen LogP contribution in [0.3, 0.4) is 0 Å². The highest BCUT2D eigenvalue weighted by Gasteiger charge is 2.25. The first-order valence-electron chi connectivity index (χ1n) is 29.0. The van der Waals surface area contributed by atoms with Crippen LogP contribution in [0.4, 0.5) is 0 Å². The fourth-order valence-electron chi connectivity index (χ4n) is 7.99. The van der Waals surface area contributed by atoms with E-state index in [-0.39, 0.29) is 32.2 Å². The summed E-state index contributed by atoms with van der Waals surface area (Å²) in [6, 6.07) is 0. The number of carbonyl (C=O) groups excluding carboxylic acids is 2. The zero-order chi connectivity index (χ0) is 51.3. The smallest absolute Gasteiger partial charge is 0.361 e. The molecule has 0 fully saturated rings. The van der Waals surface area contributed by atoms with Gasteiger partial charge in [-0.3, -0.25) is 9.59 Å². The molecule has 0 rings (SSSR count). The van der Waals surface area contributed by atoms with Crippen molar-refractivity contribution < 1.29 is 42.9 Å². The van der Waals surface area contributed by atoms with E-state index in [2.05, 4.69) is 74.6 Å². The minimum absolute atomic E-state index is 0.184. The number of hydrogen-bond donors (Lipinski definition) is 1. The predicted octanol–water partition coefficient (Wildman–Crippen LogP) is 16.8. The van der Waals surface area contributed by atoms with Crippen LogP contribution in [0.25, 0.3) is 0 Å². The van der Waals surface area contributed by atoms with Crippen LogP contribution < -0.4 is 0 Å². The van der Waals surface area contributed by atoms with Gasteiger partial charge in [0.1, 0.15) is 13.2 Å². The van der Waals surface area contributed by atoms with Crippen molar-refractivity contribution in [3.63, 3.8) is 0 Å². The summed E-state index contributed by atoms with van der Waals surface area (Å²) in [4.78, 5) is 37.4. The molecule has 2 unspecified atom stereocenters. The lowest BCUT2D eigenvalue weighted by atomic mass is 10.0. The largest absolute Gasteiger partial charge is 0.477 e. The summed E-state index contributed by atoms with van der Waals surface area (Å²) in [5.41, 5.74) is 0. The van der Waals surface area contributed by atoms with Crippen LogP contribution in [0.2, 0.25) is 0 Å². The van der Waals surface area contributed by atoms with Gasteiger partial charge in [-0.25, -0.2) is 4.79 Å². The summed E-state index contributed by atoms with van der Waals surface area (Å²) in [5.74, 6) is -2.01. The van der Waals surface area contributed by atoms with Crippen LogP contribution in [0, 0.1) is 0 Å². The first-order chi connectivity index (χ1) is 34.1. The average Bonchev–Trinajstić information content (AvgIpc) is 3.33. The Hall–Kier alpha value is -3.01. The number of quaternary nitrogens is 1. The summed E-state index contributed by atoms with van der Waals surface area (Å²) in [7, 11) is 5.96. The number of carboxylic acid groups (broad SMARTS) is 1. The Kier molecular flexibility index (Phi) is 50.1. The van der Waals surface area contributed by atoms with Gasteiger partial charge in [0, 0.05) is 12.8 Å². The SMILES string of the molecule is CCCCCC/C=C\C/C=C\CCCCCCCCCC(=O)OCC(COC(OCC[N+](C)(C)C)C(=O)O)OC(=O)CCCCCCCCCCCCCC/C=C\C/C=C\C/C=C\CCCCCCC. The standard InChI is InChI=1S/C61H109NO8/c1-6-8-10-12-14-16-18-20-22-24-26-27-28-29-30-31-32-33-34-36-38-40-42-44-46-48-50-52-59(64)70-57(56-69-61(60(65)66)67-54-53-62(3,4)5)55-68-58(63)51-49-47-45-43-41-39-37-35-25-23-21-19-17-15-13-11-9-7-2/h17-20,23-26,28-29,57,61H,6-16,21-22,27,30-56H2,1-5H3/p+1/b19-17-,20-18-,25-23-,26-24-,29-28-. The van der Waals surface area contributed by atoms with Crippen molar-refractivity contribution in [1.29, 1.82) is 0 Å². The topological polar surface area (TPSA) is 108 Å². The van der Waals surface area contributed by atoms with E-state index < -0.39 is 24.3 Å². The molecule has 0 aromatic rings. The van der Waals surface area contributed by atoms with Gasteiger partial charge < -0.3 is 28.5 Å². The van der Waals surface area contributed by atoms with Crippen molar-refractivity contribution in [3.8, 4) is 0 Å². The van der Waals surface area contributed by atoms with Crippen molar-refractivity contribution >= 4 is 17.9 Å². The van der Waals surface area contributed by atoms with E-state index in [0.717, 1.165) is 70.6 Å². The van der Waals surface area contributed by atoms with Crippen LogP contribution >= 0.6 is 0 Å². The number of nitrogens with zero attached hydrogens (tertiary/aromatic N) is 1. The summed E-state index contributed by atoms with van der Waals surface area (Å²) < 4.78 is 22.9. The molecule has 0 amide bonds. The van der Waals surface area contributed by atoms with Crippen molar-refractivity contribution in [2.75, 3.05) is 47.5 Å². The Morgan fingerprint density at radius 1 is 0.429 bits per heavy atom. The van der Waals surface area contributed by atoms with Gasteiger partial charge in [0.15, 0.2) is 6.10 Å². The lowest BCUT2D eigenvalue weighted by Crippen LogP contribution is -2.40. The van der Waals surface area contributed by atoms with Crippen LogP contribution in [-0.4, -0.2) is 87.4 Å². The number of likely N-dealkylation sites (N-methyl/N-ethyl adjacent to an activating group) is 1. The van der Waals surface area contributed by atoms with E-state index in [4.69, 9.17) is 18.9 Å². The number of ether oxygens (including phenoxy) is 4. The minimum atomic E-state index is -1.51. The number of carbonyl (C=O) groups is 3. The molecule has 0 radical (unpaired) electrons. The molecule has 0 aliphatic carbocycles. The number of aliphatic carboxylic acids is 1.